The molecule has 0 radical (unpaired) electrons. The molecule has 4 heteroatoms. The van der Waals surface area contributed by atoms with Gasteiger partial charge in [0, 0.05) is 19.1 Å². The van der Waals surface area contributed by atoms with Crippen LogP contribution in [0.3, 0.4) is 0 Å². The van der Waals surface area contributed by atoms with Gasteiger partial charge in [-0.25, -0.2) is 0 Å². The Morgan fingerprint density at radius 2 is 1.81 bits per heavy atom. The van der Waals surface area contributed by atoms with Crippen molar-refractivity contribution in [3.8, 4) is 0 Å². The van der Waals surface area contributed by atoms with Gasteiger partial charge >= 0.3 is 5.97 Å². The van der Waals surface area contributed by atoms with E-state index in [0.717, 1.165) is 6.42 Å². The number of carbonyl (C=O) groups excluding carboxylic acids is 1. The van der Waals surface area contributed by atoms with Gasteiger partial charge in [-0.05, 0) is 18.8 Å². The van der Waals surface area contributed by atoms with Gasteiger partial charge in [-0.2, -0.15) is 0 Å². The monoisotopic (exact) mass is 232 g/mol. The Balaban J connectivity index is 3.87. The molecule has 2 N–H and O–H groups in total. The largest absolute Gasteiger partial charge is 0.465 e. The molecule has 0 spiro atoms. The van der Waals surface area contributed by atoms with E-state index in [4.69, 9.17) is 14.9 Å². The molecular weight excluding hydrogens is 208 g/mol. The Bertz CT molecular complexity index is 187. The van der Waals surface area contributed by atoms with E-state index in [2.05, 4.69) is 0 Å². The molecule has 4 nitrogen and oxygen atoms in total. The van der Waals surface area contributed by atoms with Crippen LogP contribution >= 0.6 is 0 Å². The maximum absolute atomic E-state index is 11.6. The average Bonchev–Trinajstić information content (AvgIpc) is 2.25. The molecule has 0 aromatic rings. The minimum absolute atomic E-state index is 0.0540. The Kier molecular flexibility index (Phi) is 8.21. The molecule has 96 valence electrons. The number of carbonyl (C=O) groups is 1. The van der Waals surface area contributed by atoms with Crippen molar-refractivity contribution in [3.05, 3.63) is 0 Å². The van der Waals surface area contributed by atoms with Crippen molar-refractivity contribution in [1.82, 2.24) is 0 Å². The zero-order valence-electron chi connectivity index (χ0n) is 10.5. The first kappa shape index (κ1) is 15.4. The molecule has 0 bridgehead atoms. The minimum atomic E-state index is -0.188. The van der Waals surface area contributed by atoms with Gasteiger partial charge in [0.05, 0.1) is 12.5 Å². The lowest BCUT2D eigenvalue weighted by molar-refractivity contribution is -0.150. The van der Waals surface area contributed by atoms with E-state index in [1.807, 2.05) is 20.8 Å². The summed E-state index contributed by atoms with van der Waals surface area (Å²) in [6.07, 6.45) is 1.28. The third-order valence-corrected chi connectivity index (χ3v) is 2.83. The molecule has 0 saturated carbocycles. The molecule has 0 aliphatic carbocycles. The molecule has 0 amide bonds. The molecule has 1 atom stereocenters. The molecule has 0 aromatic heterocycles. The first-order valence-corrected chi connectivity index (χ1v) is 5.95. The van der Waals surface area contributed by atoms with E-state index < -0.39 is 0 Å². The maximum atomic E-state index is 11.6. The summed E-state index contributed by atoms with van der Waals surface area (Å²) >= 11 is 0. The zero-order chi connectivity index (χ0) is 12.6. The number of aliphatic hydroxyl groups excluding tert-OH is 2. The van der Waals surface area contributed by atoms with Crippen LogP contribution in [0.5, 0.6) is 0 Å². The summed E-state index contributed by atoms with van der Waals surface area (Å²) in [5.74, 6) is -0.135. The number of ether oxygens (including phenoxy) is 1. The molecule has 0 fully saturated rings. The molecule has 16 heavy (non-hydrogen) atoms. The van der Waals surface area contributed by atoms with Gasteiger partial charge in [0.25, 0.3) is 0 Å². The maximum Gasteiger partial charge on any atom is 0.309 e. The summed E-state index contributed by atoms with van der Waals surface area (Å²) in [5.41, 5.74) is 0. The second kappa shape index (κ2) is 8.53. The lowest BCUT2D eigenvalue weighted by Crippen LogP contribution is -2.24. The molecule has 0 rings (SSSR count). The Hall–Kier alpha value is -0.610. The summed E-state index contributed by atoms with van der Waals surface area (Å²) in [7, 11) is 0. The van der Waals surface area contributed by atoms with Gasteiger partial charge in [-0.1, -0.05) is 20.8 Å². The summed E-state index contributed by atoms with van der Waals surface area (Å²) in [4.78, 5) is 11.6. The van der Waals surface area contributed by atoms with Crippen LogP contribution in [0.25, 0.3) is 0 Å². The average molecular weight is 232 g/mol. The summed E-state index contributed by atoms with van der Waals surface area (Å²) in [6, 6.07) is 0. The van der Waals surface area contributed by atoms with Gasteiger partial charge in [0.1, 0.15) is 0 Å². The van der Waals surface area contributed by atoms with Crippen LogP contribution in [0.1, 0.15) is 33.6 Å². The number of hydrogen-bond acceptors (Lipinski definition) is 4. The third-order valence-electron chi connectivity index (χ3n) is 2.83. The fourth-order valence-electron chi connectivity index (χ4n) is 1.58. The van der Waals surface area contributed by atoms with E-state index in [0.29, 0.717) is 6.42 Å². The fourth-order valence-corrected chi connectivity index (χ4v) is 1.58. The summed E-state index contributed by atoms with van der Waals surface area (Å²) in [5, 5.41) is 17.7. The fraction of sp³-hybridized carbons (Fsp3) is 0.917. The van der Waals surface area contributed by atoms with Crippen molar-refractivity contribution in [2.75, 3.05) is 19.8 Å². The van der Waals surface area contributed by atoms with Crippen LogP contribution < -0.4 is 0 Å². The van der Waals surface area contributed by atoms with Gasteiger partial charge < -0.3 is 14.9 Å². The Morgan fingerprint density at radius 3 is 2.19 bits per heavy atom. The Labute approximate surface area is 97.6 Å². The van der Waals surface area contributed by atoms with Crippen LogP contribution in [0.4, 0.5) is 0 Å². The lowest BCUT2D eigenvalue weighted by Gasteiger charge is -2.18. The van der Waals surface area contributed by atoms with Gasteiger partial charge in [0.2, 0.25) is 0 Å². The third kappa shape index (κ3) is 5.47. The quantitative estimate of drug-likeness (QED) is 0.617. The highest BCUT2D eigenvalue weighted by Crippen LogP contribution is 2.16. The van der Waals surface area contributed by atoms with Crippen molar-refractivity contribution in [2.45, 2.75) is 33.6 Å². The number of aliphatic hydroxyl groups is 2. The van der Waals surface area contributed by atoms with Crippen LogP contribution in [0.15, 0.2) is 0 Å². The predicted molar refractivity (Wildman–Crippen MR) is 61.9 cm³/mol. The first-order valence-electron chi connectivity index (χ1n) is 5.95. The van der Waals surface area contributed by atoms with E-state index in [1.54, 1.807) is 0 Å². The van der Waals surface area contributed by atoms with Crippen molar-refractivity contribution in [3.63, 3.8) is 0 Å². The molecule has 0 saturated heterocycles. The van der Waals surface area contributed by atoms with Crippen molar-refractivity contribution >= 4 is 5.97 Å². The van der Waals surface area contributed by atoms with E-state index in [-0.39, 0.29) is 43.5 Å². The van der Waals surface area contributed by atoms with Crippen LogP contribution in [-0.2, 0) is 9.53 Å². The van der Waals surface area contributed by atoms with Gasteiger partial charge in [0.15, 0.2) is 0 Å². The highest BCUT2D eigenvalue weighted by Gasteiger charge is 2.21. The second-order valence-corrected chi connectivity index (χ2v) is 4.45. The van der Waals surface area contributed by atoms with Crippen LogP contribution in [-0.4, -0.2) is 36.0 Å². The topological polar surface area (TPSA) is 66.8 Å². The smallest absolute Gasteiger partial charge is 0.309 e. The van der Waals surface area contributed by atoms with Crippen molar-refractivity contribution in [1.29, 1.82) is 0 Å². The predicted octanol–water partition coefficient (Wildman–Crippen LogP) is 1.20. The van der Waals surface area contributed by atoms with Crippen molar-refractivity contribution in [2.24, 2.45) is 17.8 Å². The minimum Gasteiger partial charge on any atom is -0.465 e. The highest BCUT2D eigenvalue weighted by molar-refractivity contribution is 5.72. The van der Waals surface area contributed by atoms with Gasteiger partial charge in [-0.3, -0.25) is 4.79 Å². The van der Waals surface area contributed by atoms with E-state index in [9.17, 15) is 4.79 Å². The normalized spacial score (nSPS) is 13.2. The standard InChI is InChI=1S/C12H24O4/c1-4-11(9(2)3)12(15)16-6-5-10(7-13)8-14/h9-11,13-14H,4-8H2,1-3H3. The van der Waals surface area contributed by atoms with Crippen LogP contribution in [0, 0.1) is 17.8 Å². The summed E-state index contributed by atoms with van der Waals surface area (Å²) in [6.45, 7) is 6.09. The molecular formula is C12H24O4. The number of hydrogen-bond donors (Lipinski definition) is 2. The molecule has 0 aromatic carbocycles. The zero-order valence-corrected chi connectivity index (χ0v) is 10.5. The number of esters is 1. The van der Waals surface area contributed by atoms with Crippen molar-refractivity contribution < 1.29 is 19.7 Å². The number of rotatable bonds is 8. The lowest BCUT2D eigenvalue weighted by atomic mass is 9.93. The molecule has 0 aliphatic heterocycles. The Morgan fingerprint density at radius 1 is 1.25 bits per heavy atom. The van der Waals surface area contributed by atoms with Gasteiger partial charge in [-0.15, -0.1) is 0 Å². The SMILES string of the molecule is CCC(C(=O)OCCC(CO)CO)C(C)C. The summed E-state index contributed by atoms with van der Waals surface area (Å²) < 4.78 is 5.13. The molecule has 1 unspecified atom stereocenters. The molecule has 0 aliphatic rings. The van der Waals surface area contributed by atoms with E-state index in [1.165, 1.54) is 0 Å². The second-order valence-electron chi connectivity index (χ2n) is 4.45. The first-order chi connectivity index (χ1) is 7.56. The van der Waals surface area contributed by atoms with E-state index >= 15 is 0 Å². The highest BCUT2D eigenvalue weighted by atomic mass is 16.5. The van der Waals surface area contributed by atoms with Crippen LogP contribution in [0.2, 0.25) is 0 Å². The molecule has 0 heterocycles.